The molecule has 178 valence electrons. The molecule has 1 aliphatic carbocycles. The van der Waals surface area contributed by atoms with Gasteiger partial charge in [0.1, 0.15) is 5.82 Å². The lowest BCUT2D eigenvalue weighted by Gasteiger charge is -2.35. The van der Waals surface area contributed by atoms with Gasteiger partial charge in [0.15, 0.2) is 0 Å². The van der Waals surface area contributed by atoms with Gasteiger partial charge in [-0.3, -0.25) is 4.79 Å². The minimum Gasteiger partial charge on any atom is -0.352 e. The zero-order chi connectivity index (χ0) is 23.8. The highest BCUT2D eigenvalue weighted by molar-refractivity contribution is 5.94. The first kappa shape index (κ1) is 24.2. The molecule has 1 unspecified atom stereocenters. The summed E-state index contributed by atoms with van der Waals surface area (Å²) in [7, 11) is 0. The summed E-state index contributed by atoms with van der Waals surface area (Å²) in [6, 6.07) is 23.8. The number of carbonyl (C=O) groups is 1. The summed E-state index contributed by atoms with van der Waals surface area (Å²) in [6.45, 7) is 5.03. The number of hydrogen-bond acceptors (Lipinski definition) is 2. The highest BCUT2D eigenvalue weighted by Gasteiger charge is 2.23. The van der Waals surface area contributed by atoms with Crippen molar-refractivity contribution >= 4 is 5.91 Å². The summed E-state index contributed by atoms with van der Waals surface area (Å²) >= 11 is 0. The van der Waals surface area contributed by atoms with Crippen LogP contribution in [0.3, 0.4) is 0 Å². The Hall–Kier alpha value is -2.98. The molecule has 1 N–H and O–H groups in total. The second-order valence-electron chi connectivity index (χ2n) is 9.25. The predicted octanol–water partition coefficient (Wildman–Crippen LogP) is 6.27. The zero-order valence-corrected chi connectivity index (χ0v) is 20.1. The summed E-state index contributed by atoms with van der Waals surface area (Å²) in [6.07, 6.45) is 6.19. The Balaban J connectivity index is 1.21. The van der Waals surface area contributed by atoms with Crippen LogP contribution in [-0.2, 0) is 12.8 Å². The van der Waals surface area contributed by atoms with E-state index in [4.69, 9.17) is 0 Å². The lowest BCUT2D eigenvalue weighted by Crippen LogP contribution is -2.40. The Kier molecular flexibility index (Phi) is 8.48. The van der Waals surface area contributed by atoms with Gasteiger partial charge in [-0.2, -0.15) is 0 Å². The van der Waals surface area contributed by atoms with E-state index >= 15 is 0 Å². The minimum atomic E-state index is -0.128. The van der Waals surface area contributed by atoms with E-state index in [-0.39, 0.29) is 11.7 Å². The van der Waals surface area contributed by atoms with Gasteiger partial charge in [-0.05, 0) is 98.1 Å². The number of unbranched alkanes of at least 4 members (excludes halogenated alkanes) is 1. The zero-order valence-electron chi connectivity index (χ0n) is 20.1. The maximum absolute atomic E-state index is 13.5. The normalized spacial score (nSPS) is 15.2. The van der Waals surface area contributed by atoms with Gasteiger partial charge in [-0.25, -0.2) is 4.39 Å². The standard InChI is InChI=1S/C30H35FN2O/c1-2-19-33(29-17-15-26-21-28(31)16-14-27(26)22-29)20-7-6-18-32-30(34)25-12-10-24(11-13-25)23-8-4-3-5-9-23/h3-5,8-14,16,21,29H,2,6-7,15,17-20,22H2,1H3,(H,32,34). The summed E-state index contributed by atoms with van der Waals surface area (Å²) in [5.74, 6) is -0.141. The SMILES string of the molecule is CCCN(CCCCNC(=O)c1ccc(-c2ccccc2)cc1)C1CCc2cc(F)ccc2C1. The van der Waals surface area contributed by atoms with Crippen LogP contribution in [0.25, 0.3) is 11.1 Å². The molecule has 1 amide bonds. The van der Waals surface area contributed by atoms with Crippen molar-refractivity contribution in [1.82, 2.24) is 10.2 Å². The summed E-state index contributed by atoms with van der Waals surface area (Å²) in [5, 5.41) is 3.07. The van der Waals surface area contributed by atoms with Crippen molar-refractivity contribution in [3.8, 4) is 11.1 Å². The second kappa shape index (κ2) is 11.9. The van der Waals surface area contributed by atoms with Crippen LogP contribution in [0.5, 0.6) is 0 Å². The number of carbonyl (C=O) groups excluding carboxylic acids is 1. The second-order valence-corrected chi connectivity index (χ2v) is 9.25. The van der Waals surface area contributed by atoms with Crippen molar-refractivity contribution in [3.63, 3.8) is 0 Å². The first-order valence-corrected chi connectivity index (χ1v) is 12.6. The molecule has 3 nitrogen and oxygen atoms in total. The smallest absolute Gasteiger partial charge is 0.251 e. The number of nitrogens with zero attached hydrogens (tertiary/aromatic N) is 1. The quantitative estimate of drug-likeness (QED) is 0.363. The van der Waals surface area contributed by atoms with Crippen LogP contribution < -0.4 is 5.32 Å². The molecular weight excluding hydrogens is 423 g/mol. The van der Waals surface area contributed by atoms with Crippen molar-refractivity contribution in [2.24, 2.45) is 0 Å². The van der Waals surface area contributed by atoms with Crippen LogP contribution in [0.2, 0.25) is 0 Å². The van der Waals surface area contributed by atoms with Crippen molar-refractivity contribution < 1.29 is 9.18 Å². The number of benzene rings is 3. The number of halogens is 1. The maximum Gasteiger partial charge on any atom is 0.251 e. The van der Waals surface area contributed by atoms with Crippen LogP contribution in [0.1, 0.15) is 54.1 Å². The van der Waals surface area contributed by atoms with Gasteiger partial charge in [0.05, 0.1) is 0 Å². The van der Waals surface area contributed by atoms with E-state index in [0.717, 1.165) is 62.7 Å². The third-order valence-corrected chi connectivity index (χ3v) is 6.81. The molecule has 0 saturated heterocycles. The number of aryl methyl sites for hydroxylation is 1. The maximum atomic E-state index is 13.5. The third-order valence-electron chi connectivity index (χ3n) is 6.81. The van der Waals surface area contributed by atoms with Gasteiger partial charge in [0.25, 0.3) is 5.91 Å². The molecular formula is C30H35FN2O. The number of hydrogen-bond donors (Lipinski definition) is 1. The fourth-order valence-corrected chi connectivity index (χ4v) is 4.97. The largest absolute Gasteiger partial charge is 0.352 e. The molecule has 3 aromatic rings. The fraction of sp³-hybridized carbons (Fsp3) is 0.367. The summed E-state index contributed by atoms with van der Waals surface area (Å²) in [5.41, 5.74) is 5.43. The van der Waals surface area contributed by atoms with E-state index in [0.29, 0.717) is 18.2 Å². The van der Waals surface area contributed by atoms with Crippen molar-refractivity contribution in [1.29, 1.82) is 0 Å². The molecule has 4 heteroatoms. The Labute approximate surface area is 203 Å². The number of rotatable bonds is 10. The molecule has 0 aromatic heterocycles. The van der Waals surface area contributed by atoms with Gasteiger partial charge >= 0.3 is 0 Å². The first-order chi connectivity index (χ1) is 16.6. The topological polar surface area (TPSA) is 32.3 Å². The van der Waals surface area contributed by atoms with Crippen molar-refractivity contribution in [2.75, 3.05) is 19.6 Å². The van der Waals surface area contributed by atoms with E-state index in [1.165, 1.54) is 11.1 Å². The molecule has 4 rings (SSSR count). The van der Waals surface area contributed by atoms with Crippen molar-refractivity contribution in [3.05, 3.63) is 95.3 Å². The van der Waals surface area contributed by atoms with E-state index in [2.05, 4.69) is 29.3 Å². The fourth-order valence-electron chi connectivity index (χ4n) is 4.97. The van der Waals surface area contributed by atoms with Gasteiger partial charge in [0, 0.05) is 18.2 Å². The van der Waals surface area contributed by atoms with Crippen LogP contribution in [0.15, 0.2) is 72.8 Å². The molecule has 0 radical (unpaired) electrons. The number of amides is 1. The van der Waals surface area contributed by atoms with Crippen LogP contribution in [0.4, 0.5) is 4.39 Å². The molecule has 0 spiro atoms. The predicted molar refractivity (Wildman–Crippen MR) is 138 cm³/mol. The van der Waals surface area contributed by atoms with Gasteiger partial charge in [-0.1, -0.05) is 55.5 Å². The molecule has 0 fully saturated rings. The van der Waals surface area contributed by atoms with Gasteiger partial charge in [0.2, 0.25) is 0 Å². The van der Waals surface area contributed by atoms with Gasteiger partial charge in [-0.15, -0.1) is 0 Å². The molecule has 0 bridgehead atoms. The molecule has 3 aromatic carbocycles. The molecule has 0 aliphatic heterocycles. The van der Waals surface area contributed by atoms with E-state index in [1.54, 1.807) is 12.1 Å². The minimum absolute atomic E-state index is 0.0128. The van der Waals surface area contributed by atoms with E-state index in [9.17, 15) is 9.18 Å². The average molecular weight is 459 g/mol. The van der Waals surface area contributed by atoms with Crippen LogP contribution in [0, 0.1) is 5.82 Å². The Morgan fingerprint density at radius 1 is 0.941 bits per heavy atom. The Morgan fingerprint density at radius 3 is 2.47 bits per heavy atom. The number of fused-ring (bicyclic) bond motifs is 1. The van der Waals surface area contributed by atoms with Gasteiger partial charge < -0.3 is 10.2 Å². The summed E-state index contributed by atoms with van der Waals surface area (Å²) < 4.78 is 13.5. The molecule has 0 saturated carbocycles. The molecule has 1 atom stereocenters. The highest BCUT2D eigenvalue weighted by atomic mass is 19.1. The van der Waals surface area contributed by atoms with E-state index in [1.807, 2.05) is 48.5 Å². The van der Waals surface area contributed by atoms with Crippen LogP contribution in [-0.4, -0.2) is 36.5 Å². The average Bonchev–Trinajstić information content (AvgIpc) is 2.88. The number of nitrogens with one attached hydrogen (secondary N) is 1. The summed E-state index contributed by atoms with van der Waals surface area (Å²) in [4.78, 5) is 15.1. The highest BCUT2D eigenvalue weighted by Crippen LogP contribution is 2.26. The molecule has 34 heavy (non-hydrogen) atoms. The molecule has 0 heterocycles. The third kappa shape index (κ3) is 6.32. The molecule has 1 aliphatic rings. The monoisotopic (exact) mass is 458 g/mol. The van der Waals surface area contributed by atoms with Crippen molar-refractivity contribution in [2.45, 2.75) is 51.5 Å². The Morgan fingerprint density at radius 2 is 1.71 bits per heavy atom. The Bertz CT molecular complexity index is 1060. The first-order valence-electron chi connectivity index (χ1n) is 12.6. The van der Waals surface area contributed by atoms with E-state index < -0.39 is 0 Å². The van der Waals surface area contributed by atoms with Crippen LogP contribution >= 0.6 is 0 Å². The lowest BCUT2D eigenvalue weighted by molar-refractivity contribution is 0.0952. The lowest BCUT2D eigenvalue weighted by atomic mass is 9.87.